The van der Waals surface area contributed by atoms with Crippen LogP contribution in [0.25, 0.3) is 0 Å². The molecule has 3 nitrogen and oxygen atoms in total. The number of esters is 1. The van der Waals surface area contributed by atoms with E-state index in [0.29, 0.717) is 11.7 Å². The Morgan fingerprint density at radius 2 is 1.95 bits per heavy atom. The summed E-state index contributed by atoms with van der Waals surface area (Å²) in [4.78, 5) is 11.9. The Morgan fingerprint density at radius 3 is 2.53 bits per heavy atom. The lowest BCUT2D eigenvalue weighted by molar-refractivity contribution is 0.0169. The molecule has 0 N–H and O–H groups in total. The number of methoxy groups -OCH3 is 1. The summed E-state index contributed by atoms with van der Waals surface area (Å²) in [6, 6.07) is 4.16. The van der Waals surface area contributed by atoms with Gasteiger partial charge < -0.3 is 9.47 Å². The van der Waals surface area contributed by atoms with Crippen molar-refractivity contribution in [2.75, 3.05) is 7.11 Å². The summed E-state index contributed by atoms with van der Waals surface area (Å²) in [5.74, 6) is -0.110. The van der Waals surface area contributed by atoms with Crippen molar-refractivity contribution in [3.8, 4) is 5.75 Å². The Bertz CT molecular complexity index is 451. The van der Waals surface area contributed by atoms with Gasteiger partial charge in [-0.2, -0.15) is 0 Å². The van der Waals surface area contributed by atoms with E-state index >= 15 is 0 Å². The van der Waals surface area contributed by atoms with E-state index in [4.69, 9.17) is 9.47 Å². The summed E-state index contributed by atoms with van der Waals surface area (Å²) in [5, 5.41) is 0. The van der Waals surface area contributed by atoms with Crippen LogP contribution in [-0.2, 0) is 4.74 Å². The van der Waals surface area contributed by atoms with Crippen LogP contribution in [0.3, 0.4) is 0 Å². The lowest BCUT2D eigenvalue weighted by atomic mass is 9.89. The summed E-state index contributed by atoms with van der Waals surface area (Å²) in [6.45, 7) is 2.20. The topological polar surface area (TPSA) is 35.5 Å². The van der Waals surface area contributed by atoms with Gasteiger partial charge >= 0.3 is 5.97 Å². The zero-order valence-electron chi connectivity index (χ0n) is 11.3. The number of rotatable bonds is 3. The normalized spacial score (nSPS) is 22.9. The number of hydrogen-bond acceptors (Lipinski definition) is 3. The Labute approximate surface area is 112 Å². The van der Waals surface area contributed by atoms with Crippen molar-refractivity contribution in [1.29, 1.82) is 0 Å². The first-order chi connectivity index (χ1) is 9.10. The molecule has 2 rings (SSSR count). The van der Waals surface area contributed by atoms with Crippen LogP contribution < -0.4 is 4.74 Å². The Hall–Kier alpha value is -1.58. The SMILES string of the molecule is COc1ccc(C(=O)OC2CCC(C)CC2)c(F)c1. The van der Waals surface area contributed by atoms with Crippen molar-refractivity contribution >= 4 is 5.97 Å². The van der Waals surface area contributed by atoms with Crippen LogP contribution >= 0.6 is 0 Å². The molecule has 0 unspecified atom stereocenters. The Balaban J connectivity index is 2.00. The average Bonchev–Trinajstić information content (AvgIpc) is 2.41. The minimum atomic E-state index is -0.603. The predicted octanol–water partition coefficient (Wildman–Crippen LogP) is 3.57. The summed E-state index contributed by atoms with van der Waals surface area (Å²) >= 11 is 0. The molecule has 0 heterocycles. The van der Waals surface area contributed by atoms with Gasteiger partial charge in [0.1, 0.15) is 17.7 Å². The molecule has 1 aromatic carbocycles. The maximum atomic E-state index is 13.7. The number of hydrogen-bond donors (Lipinski definition) is 0. The smallest absolute Gasteiger partial charge is 0.341 e. The Morgan fingerprint density at radius 1 is 1.26 bits per heavy atom. The van der Waals surface area contributed by atoms with E-state index in [9.17, 15) is 9.18 Å². The highest BCUT2D eigenvalue weighted by Gasteiger charge is 2.23. The molecule has 1 aromatic rings. The number of benzene rings is 1. The van der Waals surface area contributed by atoms with E-state index in [-0.39, 0.29) is 11.7 Å². The summed E-state index contributed by atoms with van der Waals surface area (Å²) < 4.78 is 24.0. The molecule has 0 saturated heterocycles. The second kappa shape index (κ2) is 6.04. The van der Waals surface area contributed by atoms with Crippen molar-refractivity contribution in [3.05, 3.63) is 29.6 Å². The molecule has 1 aliphatic carbocycles. The molecule has 0 bridgehead atoms. The third kappa shape index (κ3) is 3.46. The van der Waals surface area contributed by atoms with Crippen LogP contribution in [-0.4, -0.2) is 19.2 Å². The minimum absolute atomic E-state index is 0.0283. The second-order valence-corrected chi connectivity index (χ2v) is 5.13. The molecule has 1 saturated carbocycles. The highest BCUT2D eigenvalue weighted by molar-refractivity contribution is 5.90. The van der Waals surface area contributed by atoms with Gasteiger partial charge in [-0.3, -0.25) is 0 Å². The lowest BCUT2D eigenvalue weighted by Gasteiger charge is -2.26. The van der Waals surface area contributed by atoms with Gasteiger partial charge in [-0.15, -0.1) is 0 Å². The third-order valence-corrected chi connectivity index (χ3v) is 3.63. The number of carbonyl (C=O) groups excluding carboxylic acids is 1. The van der Waals surface area contributed by atoms with Gasteiger partial charge in [0.2, 0.25) is 0 Å². The van der Waals surface area contributed by atoms with Crippen molar-refractivity contribution < 1.29 is 18.7 Å². The van der Waals surface area contributed by atoms with Crippen LogP contribution in [0.5, 0.6) is 5.75 Å². The molecule has 19 heavy (non-hydrogen) atoms. The second-order valence-electron chi connectivity index (χ2n) is 5.13. The Kier molecular flexibility index (Phi) is 4.40. The quantitative estimate of drug-likeness (QED) is 0.785. The fourth-order valence-corrected chi connectivity index (χ4v) is 2.35. The lowest BCUT2D eigenvalue weighted by Crippen LogP contribution is -2.24. The zero-order chi connectivity index (χ0) is 13.8. The first-order valence-corrected chi connectivity index (χ1v) is 6.64. The van der Waals surface area contributed by atoms with Gasteiger partial charge in [-0.1, -0.05) is 6.92 Å². The van der Waals surface area contributed by atoms with E-state index in [1.54, 1.807) is 6.07 Å². The van der Waals surface area contributed by atoms with E-state index in [2.05, 4.69) is 6.92 Å². The van der Waals surface area contributed by atoms with E-state index in [1.807, 2.05) is 0 Å². The molecule has 4 heteroatoms. The maximum Gasteiger partial charge on any atom is 0.341 e. The number of carbonyl (C=O) groups is 1. The molecule has 1 fully saturated rings. The molecule has 1 aliphatic rings. The largest absolute Gasteiger partial charge is 0.497 e. The van der Waals surface area contributed by atoms with Crippen molar-refractivity contribution in [1.82, 2.24) is 0 Å². The van der Waals surface area contributed by atoms with Crippen LogP contribution in [0.15, 0.2) is 18.2 Å². The highest BCUT2D eigenvalue weighted by atomic mass is 19.1. The van der Waals surface area contributed by atoms with Crippen LogP contribution in [0.1, 0.15) is 43.0 Å². The van der Waals surface area contributed by atoms with E-state index in [0.717, 1.165) is 25.7 Å². The predicted molar refractivity (Wildman–Crippen MR) is 69.8 cm³/mol. The maximum absolute atomic E-state index is 13.7. The summed E-state index contributed by atoms with van der Waals surface area (Å²) in [7, 11) is 1.45. The fourth-order valence-electron chi connectivity index (χ4n) is 2.35. The van der Waals surface area contributed by atoms with Gasteiger partial charge in [0.25, 0.3) is 0 Å². The first kappa shape index (κ1) is 13.8. The van der Waals surface area contributed by atoms with Crippen LogP contribution in [0, 0.1) is 11.7 Å². The summed E-state index contributed by atoms with van der Waals surface area (Å²) in [6.07, 6.45) is 3.77. The molecule has 0 aromatic heterocycles. The van der Waals surface area contributed by atoms with E-state index in [1.165, 1.54) is 19.2 Å². The molecular weight excluding hydrogens is 247 g/mol. The van der Waals surface area contributed by atoms with Crippen LogP contribution in [0.4, 0.5) is 4.39 Å². The standard InChI is InChI=1S/C15H19FO3/c1-10-3-5-11(6-4-10)19-15(17)13-8-7-12(18-2)9-14(13)16/h7-11H,3-6H2,1-2H3. The minimum Gasteiger partial charge on any atom is -0.497 e. The number of halogens is 1. The molecule has 0 spiro atoms. The highest BCUT2D eigenvalue weighted by Crippen LogP contribution is 2.26. The van der Waals surface area contributed by atoms with Crippen molar-refractivity contribution in [2.24, 2.45) is 5.92 Å². The monoisotopic (exact) mass is 266 g/mol. The van der Waals surface area contributed by atoms with Gasteiger partial charge in [0.15, 0.2) is 0 Å². The molecule has 0 amide bonds. The third-order valence-electron chi connectivity index (χ3n) is 3.63. The molecular formula is C15H19FO3. The van der Waals surface area contributed by atoms with E-state index < -0.39 is 11.8 Å². The first-order valence-electron chi connectivity index (χ1n) is 6.64. The van der Waals surface area contributed by atoms with Gasteiger partial charge in [0.05, 0.1) is 12.7 Å². The average molecular weight is 266 g/mol. The van der Waals surface area contributed by atoms with Crippen LogP contribution in [0.2, 0.25) is 0 Å². The van der Waals surface area contributed by atoms with Crippen molar-refractivity contribution in [2.45, 2.75) is 38.7 Å². The fraction of sp³-hybridized carbons (Fsp3) is 0.533. The molecule has 104 valence electrons. The summed E-state index contributed by atoms with van der Waals surface area (Å²) in [5.41, 5.74) is -0.0283. The number of ether oxygens (including phenoxy) is 2. The van der Waals surface area contributed by atoms with Gasteiger partial charge in [0, 0.05) is 6.07 Å². The zero-order valence-corrected chi connectivity index (χ0v) is 11.3. The molecule has 0 radical (unpaired) electrons. The molecule has 0 aliphatic heterocycles. The van der Waals surface area contributed by atoms with Gasteiger partial charge in [-0.25, -0.2) is 9.18 Å². The van der Waals surface area contributed by atoms with Crippen molar-refractivity contribution in [3.63, 3.8) is 0 Å². The van der Waals surface area contributed by atoms with Gasteiger partial charge in [-0.05, 0) is 43.7 Å². The molecule has 0 atom stereocenters.